The lowest BCUT2D eigenvalue weighted by Crippen LogP contribution is -2.31. The van der Waals surface area contributed by atoms with E-state index in [1.807, 2.05) is 31.2 Å². The number of nitrogens with one attached hydrogen (secondary N) is 2. The van der Waals surface area contributed by atoms with E-state index in [0.29, 0.717) is 11.7 Å². The number of rotatable bonds is 6. The van der Waals surface area contributed by atoms with Crippen molar-refractivity contribution in [2.24, 2.45) is 5.10 Å². The van der Waals surface area contributed by atoms with Crippen LogP contribution in [0.15, 0.2) is 53.6 Å². The highest BCUT2D eigenvalue weighted by atomic mass is 32.1. The van der Waals surface area contributed by atoms with Crippen LogP contribution in [-0.4, -0.2) is 17.9 Å². The summed E-state index contributed by atoms with van der Waals surface area (Å²) in [5.74, 6) is 0.832. The Kier molecular flexibility index (Phi) is 6.56. The molecule has 0 amide bonds. The lowest BCUT2D eigenvalue weighted by atomic mass is 10.2. The third-order valence-electron chi connectivity index (χ3n) is 3.12. The second kappa shape index (κ2) is 8.90. The van der Waals surface area contributed by atoms with Crippen LogP contribution < -0.4 is 15.5 Å². The van der Waals surface area contributed by atoms with Crippen molar-refractivity contribution >= 4 is 23.5 Å². The first-order valence-electron chi connectivity index (χ1n) is 7.52. The number of aryl methyl sites for hydroxylation is 1. The van der Waals surface area contributed by atoms with Crippen molar-refractivity contribution in [3.8, 4) is 5.75 Å². The molecule has 23 heavy (non-hydrogen) atoms. The number of hydrogen-bond donors (Lipinski definition) is 2. The van der Waals surface area contributed by atoms with Crippen molar-refractivity contribution < 1.29 is 4.74 Å². The summed E-state index contributed by atoms with van der Waals surface area (Å²) < 4.78 is 5.77. The number of hydrogen-bond acceptors (Lipinski definition) is 3. The fraction of sp³-hybridized carbons (Fsp3) is 0.222. The van der Waals surface area contributed by atoms with Gasteiger partial charge in [0.05, 0.1) is 6.21 Å². The van der Waals surface area contributed by atoms with Crippen molar-refractivity contribution in [3.63, 3.8) is 0 Å². The number of nitrogens with zero attached hydrogens (tertiary/aromatic N) is 1. The number of thiocarbonyl (C=S) groups is 1. The van der Waals surface area contributed by atoms with Gasteiger partial charge in [0.15, 0.2) is 5.11 Å². The van der Waals surface area contributed by atoms with E-state index in [1.165, 1.54) is 5.56 Å². The van der Waals surface area contributed by atoms with Gasteiger partial charge in [-0.2, -0.15) is 5.10 Å². The predicted octanol–water partition coefficient (Wildman–Crippen LogP) is 3.39. The number of benzene rings is 2. The minimum absolute atomic E-state index is 0.516. The second-order valence-corrected chi connectivity index (χ2v) is 5.48. The molecule has 120 valence electrons. The first-order valence-corrected chi connectivity index (χ1v) is 7.93. The predicted molar refractivity (Wildman–Crippen MR) is 99.0 cm³/mol. The first kappa shape index (κ1) is 17.0. The molecule has 2 aromatic rings. The summed E-state index contributed by atoms with van der Waals surface area (Å²) in [6.45, 7) is 5.39. The second-order valence-electron chi connectivity index (χ2n) is 5.07. The molecule has 0 aliphatic rings. The summed E-state index contributed by atoms with van der Waals surface area (Å²) in [6, 6.07) is 16.1. The zero-order valence-corrected chi connectivity index (χ0v) is 14.2. The van der Waals surface area contributed by atoms with E-state index in [1.54, 1.807) is 6.21 Å². The highest BCUT2D eigenvalue weighted by Gasteiger charge is 1.97. The molecule has 0 bridgehead atoms. The monoisotopic (exact) mass is 327 g/mol. The molecule has 0 spiro atoms. The normalized spacial score (nSPS) is 10.5. The van der Waals surface area contributed by atoms with Gasteiger partial charge in [0.2, 0.25) is 0 Å². The van der Waals surface area contributed by atoms with Crippen LogP contribution in [0.25, 0.3) is 0 Å². The minimum Gasteiger partial charge on any atom is -0.489 e. The molecule has 4 nitrogen and oxygen atoms in total. The molecule has 2 rings (SSSR count). The topological polar surface area (TPSA) is 45.7 Å². The molecule has 2 N–H and O–H groups in total. The van der Waals surface area contributed by atoms with Gasteiger partial charge >= 0.3 is 0 Å². The summed E-state index contributed by atoms with van der Waals surface area (Å²) in [7, 11) is 0. The lowest BCUT2D eigenvalue weighted by Gasteiger charge is -2.07. The van der Waals surface area contributed by atoms with Crippen LogP contribution >= 0.6 is 12.2 Å². The standard InChI is InChI=1S/C18H21N3OS/c1-3-19-18(23)21-20-12-15-8-10-17(11-9-15)22-13-16-6-4-14(2)5-7-16/h4-12H,3,13H2,1-2H3,(H2,19,21,23)/b20-12+. The van der Waals surface area contributed by atoms with Gasteiger partial charge in [-0.15, -0.1) is 0 Å². The van der Waals surface area contributed by atoms with Gasteiger partial charge in [-0.05, 0) is 61.5 Å². The molecule has 0 atom stereocenters. The Balaban J connectivity index is 1.83. The maximum atomic E-state index is 5.77. The maximum Gasteiger partial charge on any atom is 0.186 e. The van der Waals surface area contributed by atoms with E-state index in [9.17, 15) is 0 Å². The SMILES string of the molecule is CCNC(=S)N/N=C/c1ccc(OCc2ccc(C)cc2)cc1. The van der Waals surface area contributed by atoms with Gasteiger partial charge in [0.1, 0.15) is 12.4 Å². The summed E-state index contributed by atoms with van der Waals surface area (Å²) >= 11 is 5.02. The smallest absolute Gasteiger partial charge is 0.186 e. The van der Waals surface area contributed by atoms with Crippen LogP contribution in [-0.2, 0) is 6.61 Å². The Bertz CT molecular complexity index is 651. The highest BCUT2D eigenvalue weighted by molar-refractivity contribution is 7.80. The van der Waals surface area contributed by atoms with Crippen LogP contribution in [0.5, 0.6) is 5.75 Å². The largest absolute Gasteiger partial charge is 0.489 e. The van der Waals surface area contributed by atoms with Crippen LogP contribution in [0.2, 0.25) is 0 Å². The van der Waals surface area contributed by atoms with E-state index >= 15 is 0 Å². The van der Waals surface area contributed by atoms with Gasteiger partial charge in [0, 0.05) is 6.54 Å². The first-order chi connectivity index (χ1) is 11.2. The number of ether oxygens (including phenoxy) is 1. The molecular weight excluding hydrogens is 306 g/mol. The summed E-state index contributed by atoms with van der Waals surface area (Å²) in [6.07, 6.45) is 1.72. The Morgan fingerprint density at radius 3 is 2.48 bits per heavy atom. The highest BCUT2D eigenvalue weighted by Crippen LogP contribution is 2.13. The van der Waals surface area contributed by atoms with E-state index in [0.717, 1.165) is 23.4 Å². The van der Waals surface area contributed by atoms with Crippen molar-refractivity contribution in [3.05, 3.63) is 65.2 Å². The van der Waals surface area contributed by atoms with E-state index in [-0.39, 0.29) is 0 Å². The van der Waals surface area contributed by atoms with Gasteiger partial charge in [-0.3, -0.25) is 5.43 Å². The minimum atomic E-state index is 0.516. The van der Waals surface area contributed by atoms with Gasteiger partial charge in [-0.1, -0.05) is 29.8 Å². The zero-order valence-electron chi connectivity index (χ0n) is 13.4. The fourth-order valence-electron chi connectivity index (χ4n) is 1.87. The Hall–Kier alpha value is -2.40. The van der Waals surface area contributed by atoms with E-state index in [4.69, 9.17) is 17.0 Å². The van der Waals surface area contributed by atoms with Crippen molar-refractivity contribution in [1.29, 1.82) is 0 Å². The molecule has 0 aliphatic heterocycles. The Labute approximate surface area is 142 Å². The average molecular weight is 327 g/mol. The van der Waals surface area contributed by atoms with Gasteiger partial charge < -0.3 is 10.1 Å². The Morgan fingerprint density at radius 1 is 1.13 bits per heavy atom. The summed E-state index contributed by atoms with van der Waals surface area (Å²) in [5.41, 5.74) is 6.13. The maximum absolute atomic E-state index is 5.77. The molecule has 0 fully saturated rings. The molecule has 0 aliphatic carbocycles. The average Bonchev–Trinajstić information content (AvgIpc) is 2.56. The molecule has 0 saturated heterocycles. The molecule has 0 radical (unpaired) electrons. The molecule has 2 aromatic carbocycles. The quantitative estimate of drug-likeness (QED) is 0.485. The summed E-state index contributed by atoms with van der Waals surface area (Å²) in [5, 5.41) is 7.55. The molecular formula is C18H21N3OS. The molecule has 0 unspecified atom stereocenters. The van der Waals surface area contributed by atoms with Crippen molar-refractivity contribution in [2.45, 2.75) is 20.5 Å². The third-order valence-corrected chi connectivity index (χ3v) is 3.36. The third kappa shape index (κ3) is 6.08. The van der Waals surface area contributed by atoms with Crippen LogP contribution in [0.4, 0.5) is 0 Å². The molecule has 0 aromatic heterocycles. The van der Waals surface area contributed by atoms with Gasteiger partial charge in [-0.25, -0.2) is 0 Å². The van der Waals surface area contributed by atoms with Gasteiger partial charge in [0.25, 0.3) is 0 Å². The van der Waals surface area contributed by atoms with Crippen molar-refractivity contribution in [2.75, 3.05) is 6.54 Å². The number of hydrazone groups is 1. The van der Waals surface area contributed by atoms with E-state index in [2.05, 4.69) is 47.0 Å². The van der Waals surface area contributed by atoms with E-state index < -0.39 is 0 Å². The molecule has 0 heterocycles. The van der Waals surface area contributed by atoms with Crippen LogP contribution in [0.1, 0.15) is 23.6 Å². The molecule has 0 saturated carbocycles. The Morgan fingerprint density at radius 2 is 1.83 bits per heavy atom. The molecule has 5 heteroatoms. The fourth-order valence-corrected chi connectivity index (χ4v) is 2.06. The van der Waals surface area contributed by atoms with Crippen LogP contribution in [0.3, 0.4) is 0 Å². The van der Waals surface area contributed by atoms with Crippen molar-refractivity contribution in [1.82, 2.24) is 10.7 Å². The lowest BCUT2D eigenvalue weighted by molar-refractivity contribution is 0.306. The van der Waals surface area contributed by atoms with Crippen LogP contribution in [0, 0.1) is 6.92 Å². The summed E-state index contributed by atoms with van der Waals surface area (Å²) in [4.78, 5) is 0. The zero-order chi connectivity index (χ0) is 16.5.